The van der Waals surface area contributed by atoms with Crippen LogP contribution in [0.3, 0.4) is 0 Å². The highest BCUT2D eigenvalue weighted by Crippen LogP contribution is 2.29. The van der Waals surface area contributed by atoms with Crippen molar-refractivity contribution in [3.05, 3.63) is 96.1 Å². The first-order valence-corrected chi connectivity index (χ1v) is 29.1. The summed E-state index contributed by atoms with van der Waals surface area (Å²) in [6, 6.07) is 9.62. The van der Waals surface area contributed by atoms with Crippen LogP contribution in [0, 0.1) is 11.8 Å². The summed E-state index contributed by atoms with van der Waals surface area (Å²) in [5.41, 5.74) is 30.4. The van der Waals surface area contributed by atoms with E-state index in [9.17, 15) is 48.6 Å². The Bertz CT molecular complexity index is 2960. The first-order valence-electron chi connectivity index (χ1n) is 29.1. The Labute approximate surface area is 494 Å². The first kappa shape index (κ1) is 65.3. The van der Waals surface area contributed by atoms with Crippen molar-refractivity contribution in [3.63, 3.8) is 0 Å². The van der Waals surface area contributed by atoms with Crippen molar-refractivity contribution >= 4 is 70.0 Å². The fraction of sp³-hybridized carbons (Fsp3) is 0.508. The lowest BCUT2D eigenvalue weighted by molar-refractivity contribution is -0.143. The molecular weight excluding hydrogens is 1090 g/mol. The summed E-state index contributed by atoms with van der Waals surface area (Å²) >= 11 is 0. The number of phenolic OH excluding ortho intramolecular Hbond substituents is 1. The van der Waals surface area contributed by atoms with Gasteiger partial charge in [0.25, 0.3) is 0 Å². The highest BCUT2D eigenvalue weighted by molar-refractivity contribution is 5.98. The molecule has 0 radical (unpaired) electrons. The number of nitrogens with zero attached hydrogens (tertiary/aromatic N) is 4. The zero-order chi connectivity index (χ0) is 61.6. The molecule has 19 N–H and O–H groups in total. The summed E-state index contributed by atoms with van der Waals surface area (Å²) < 4.78 is 0. The van der Waals surface area contributed by atoms with Gasteiger partial charge in [0.2, 0.25) is 41.4 Å². The second-order valence-electron chi connectivity index (χ2n) is 22.3. The topological polar surface area (TPSA) is 436 Å². The number of likely N-dealkylation sites (tertiary alicyclic amines) is 1. The molecule has 7 amide bonds. The van der Waals surface area contributed by atoms with Crippen LogP contribution in [0.1, 0.15) is 108 Å². The number of hydrogen-bond acceptors (Lipinski definition) is 13. The molecule has 1 aliphatic heterocycles. The summed E-state index contributed by atoms with van der Waals surface area (Å²) in [7, 11) is 0. The maximum atomic E-state index is 14.8. The molecule has 0 unspecified atom stereocenters. The number of carboxylic acids is 1. The molecule has 3 aromatic carbocycles. The van der Waals surface area contributed by atoms with Crippen molar-refractivity contribution in [2.45, 2.75) is 158 Å². The Kier molecular flexibility index (Phi) is 24.8. The van der Waals surface area contributed by atoms with E-state index in [1.807, 2.05) is 42.5 Å². The zero-order valence-electron chi connectivity index (χ0n) is 48.3. The van der Waals surface area contributed by atoms with Crippen LogP contribution in [-0.2, 0) is 57.6 Å². The number of aromatic hydroxyl groups is 1. The number of aliphatic carboxylic acids is 1. The van der Waals surface area contributed by atoms with Crippen molar-refractivity contribution in [1.29, 1.82) is 0 Å². The number of carbonyl (C=O) groups is 8. The number of amides is 7. The molecule has 6 rings (SSSR count). The first-order chi connectivity index (χ1) is 40.6. The molecule has 1 saturated heterocycles. The van der Waals surface area contributed by atoms with E-state index in [0.29, 0.717) is 17.7 Å². The van der Waals surface area contributed by atoms with Crippen molar-refractivity contribution in [2.24, 2.45) is 50.5 Å². The minimum Gasteiger partial charge on any atom is -0.508 e. The Hall–Kier alpha value is -8.81. The maximum absolute atomic E-state index is 14.8. The number of aromatic amines is 1. The molecule has 0 spiro atoms. The molecule has 0 bridgehead atoms. The van der Waals surface area contributed by atoms with Crippen LogP contribution in [0.4, 0.5) is 0 Å². The summed E-state index contributed by atoms with van der Waals surface area (Å²) in [4.78, 5) is 130. The Morgan fingerprint density at radius 2 is 1.22 bits per heavy atom. The zero-order valence-corrected chi connectivity index (χ0v) is 48.3. The number of fused-ring (bicyclic) bond motifs is 1. The van der Waals surface area contributed by atoms with Gasteiger partial charge in [-0.15, -0.1) is 0 Å². The predicted octanol–water partition coefficient (Wildman–Crippen LogP) is 0.342. The van der Waals surface area contributed by atoms with Crippen LogP contribution >= 0.6 is 0 Å². The van der Waals surface area contributed by atoms with Crippen LogP contribution in [0.15, 0.2) is 89.2 Å². The molecule has 8 atom stereocenters. The number of nitrogens with one attached hydrogen (secondary N) is 7. The number of imidazole rings is 1. The SMILES string of the molecule is CC(C)[C@H](NC(=O)[C@H](CCCN=C(N)N)NC(=O)[C@@H](N)Cc1ccc2ccccc2c1)C(=O)N1CCC[C@H]1C(=O)N[C@@H](CC1CCCCC1)C(=O)N[C@@H](Cc1cnc[nH]1)C(=O)N[C@@H](CCCN=C(N)N)C(=O)N[C@@H](Cc1ccc(O)cc1)C(=O)O. The van der Waals surface area contributed by atoms with Gasteiger partial charge in [-0.05, 0) is 97.2 Å². The van der Waals surface area contributed by atoms with E-state index in [0.717, 1.165) is 48.4 Å². The van der Waals surface area contributed by atoms with Gasteiger partial charge in [-0.1, -0.05) is 101 Å². The lowest BCUT2D eigenvalue weighted by atomic mass is 9.84. The van der Waals surface area contributed by atoms with Crippen molar-refractivity contribution in [1.82, 2.24) is 46.8 Å². The second kappa shape index (κ2) is 32.3. The number of nitrogens with two attached hydrogens (primary N) is 5. The molecule has 2 aliphatic rings. The van der Waals surface area contributed by atoms with Crippen molar-refractivity contribution < 1.29 is 48.6 Å². The maximum Gasteiger partial charge on any atom is 0.326 e. The second-order valence-corrected chi connectivity index (χ2v) is 22.3. The van der Waals surface area contributed by atoms with E-state index in [1.54, 1.807) is 13.8 Å². The van der Waals surface area contributed by atoms with Gasteiger partial charge >= 0.3 is 5.97 Å². The Morgan fingerprint density at radius 3 is 1.84 bits per heavy atom. The van der Waals surface area contributed by atoms with E-state index in [4.69, 9.17) is 28.7 Å². The van der Waals surface area contributed by atoms with Gasteiger partial charge < -0.3 is 80.7 Å². The molecule has 1 saturated carbocycles. The minimum absolute atomic E-state index is 0.0229. The van der Waals surface area contributed by atoms with Gasteiger partial charge in [0.15, 0.2) is 11.9 Å². The fourth-order valence-corrected chi connectivity index (χ4v) is 10.8. The molecule has 460 valence electrons. The standard InChI is InChI=1S/C59H84N16O10/c1-34(2)49(74-52(79)44(16-9-25-67-59(63)64)69-50(77)42(60)28-37-18-21-38-13-6-7-14-39(38)27-37)56(83)75-26-10-17-48(75)55(82)72-45(29-35-11-4-3-5-12-35)53(80)71-46(31-40-32-65-33-68-40)54(81)70-43(15-8-24-66-58(61)62)51(78)73-47(57(84)85)30-36-19-22-41(76)23-20-36/h6-7,13-14,18-23,27,32-35,42-49,76H,3-5,8-12,15-17,24-26,28-31,60H2,1-2H3,(H,65,68)(H,69,77)(H,70,81)(H,71,80)(H,72,82)(H,73,78)(H,74,79)(H,84,85)(H4,61,62,66)(H4,63,64,67)/t42-,43-,44-,45-,46-,47-,48-,49-/m0/s1. The average Bonchev–Trinajstić information content (AvgIpc) is 3.27. The van der Waals surface area contributed by atoms with Crippen molar-refractivity contribution in [3.8, 4) is 5.75 Å². The highest BCUT2D eigenvalue weighted by Gasteiger charge is 2.41. The third-order valence-electron chi connectivity index (χ3n) is 15.4. The van der Waals surface area contributed by atoms with Gasteiger partial charge in [0, 0.05) is 44.4 Å². The van der Waals surface area contributed by atoms with Crippen molar-refractivity contribution in [2.75, 3.05) is 19.6 Å². The number of guanidine groups is 2. The Balaban J connectivity index is 1.18. The number of hydrogen-bond donors (Lipinski definition) is 14. The summed E-state index contributed by atoms with van der Waals surface area (Å²) in [5, 5.41) is 38.5. The third kappa shape index (κ3) is 20.5. The third-order valence-corrected chi connectivity index (χ3v) is 15.4. The highest BCUT2D eigenvalue weighted by atomic mass is 16.4. The molecule has 26 nitrogen and oxygen atoms in total. The number of carbonyl (C=O) groups excluding carboxylic acids is 7. The molecule has 1 aliphatic carbocycles. The molecule has 1 aromatic heterocycles. The van der Waals surface area contributed by atoms with Gasteiger partial charge in [-0.2, -0.15) is 0 Å². The number of aromatic nitrogens is 2. The quantitative estimate of drug-likeness (QED) is 0.0184. The van der Waals surface area contributed by atoms with Crippen LogP contribution in [0.25, 0.3) is 10.8 Å². The molecular formula is C59H84N16O10. The van der Waals surface area contributed by atoms with Crippen LogP contribution < -0.4 is 60.6 Å². The van der Waals surface area contributed by atoms with Crippen LogP contribution in [0.5, 0.6) is 5.75 Å². The number of phenols is 1. The number of benzene rings is 3. The smallest absolute Gasteiger partial charge is 0.326 e. The summed E-state index contributed by atoms with van der Waals surface area (Å²) in [6.07, 6.45) is 8.51. The van der Waals surface area contributed by atoms with Gasteiger partial charge in [0.05, 0.1) is 12.4 Å². The van der Waals surface area contributed by atoms with E-state index < -0.39 is 102 Å². The molecule has 4 aromatic rings. The van der Waals surface area contributed by atoms with E-state index in [-0.39, 0.29) is 101 Å². The van der Waals surface area contributed by atoms with Gasteiger partial charge in [-0.3, -0.25) is 43.5 Å². The van der Waals surface area contributed by atoms with E-state index in [1.165, 1.54) is 41.7 Å². The van der Waals surface area contributed by atoms with E-state index >= 15 is 0 Å². The number of carboxylic acid groups (broad SMARTS) is 1. The minimum atomic E-state index is -1.44. The molecule has 2 fully saturated rings. The lowest BCUT2D eigenvalue weighted by Crippen LogP contribution is -2.61. The summed E-state index contributed by atoms with van der Waals surface area (Å²) in [6.45, 7) is 3.87. The molecule has 85 heavy (non-hydrogen) atoms. The molecule has 2 heterocycles. The van der Waals surface area contributed by atoms with Crippen LogP contribution in [0.2, 0.25) is 0 Å². The normalized spacial score (nSPS) is 16.8. The Morgan fingerprint density at radius 1 is 0.647 bits per heavy atom. The van der Waals surface area contributed by atoms with Gasteiger partial charge in [-0.25, -0.2) is 9.78 Å². The number of aliphatic imine (C=N–C) groups is 2. The average molecular weight is 1180 g/mol. The lowest BCUT2D eigenvalue weighted by Gasteiger charge is -2.33. The summed E-state index contributed by atoms with van der Waals surface area (Å²) in [5.74, 6) is -6.97. The van der Waals surface area contributed by atoms with Gasteiger partial charge in [0.1, 0.15) is 48.0 Å². The van der Waals surface area contributed by atoms with Crippen LogP contribution in [-0.4, -0.2) is 152 Å². The van der Waals surface area contributed by atoms with E-state index in [2.05, 4.69) is 51.9 Å². The number of rotatable bonds is 31. The largest absolute Gasteiger partial charge is 0.508 e. The monoisotopic (exact) mass is 1180 g/mol. The number of H-pyrrole nitrogens is 1. The molecule has 26 heteroatoms. The fourth-order valence-electron chi connectivity index (χ4n) is 10.8. The predicted molar refractivity (Wildman–Crippen MR) is 320 cm³/mol.